The molecular formula is C82H146N4Pd. The number of hydrogen-bond donors (Lipinski definition) is 0. The monoisotopic (exact) mass is 1290 g/mol. The molecule has 0 radical (unpaired) electrons. The van der Waals surface area contributed by atoms with E-state index in [1.165, 1.54) is 292 Å². The Bertz CT molecular complexity index is 2030. The fourth-order valence-electron chi connectivity index (χ4n) is 13.0. The molecule has 4 nitrogen and oxygen atoms in total. The molecule has 0 aliphatic carbocycles. The van der Waals surface area contributed by atoms with E-state index in [0.29, 0.717) is 18.5 Å². The Kier molecular flexibility index (Phi) is 51.6. The molecule has 0 atom stereocenters. The van der Waals surface area contributed by atoms with Crippen molar-refractivity contribution in [2.45, 2.75) is 390 Å². The summed E-state index contributed by atoms with van der Waals surface area (Å²) < 4.78 is 6.38. The van der Waals surface area contributed by atoms with Crippen molar-refractivity contribution in [3.05, 3.63) is 97.6 Å². The van der Waals surface area contributed by atoms with Crippen LogP contribution in [0.25, 0.3) is 16.9 Å². The predicted octanol–water partition coefficient (Wildman–Crippen LogP) is 26.8. The van der Waals surface area contributed by atoms with Gasteiger partial charge in [-0.05, 0) is 160 Å². The van der Waals surface area contributed by atoms with Crippen molar-refractivity contribution in [1.82, 2.24) is 7.07 Å². The summed E-state index contributed by atoms with van der Waals surface area (Å²) in [7, 11) is 4.31. The van der Waals surface area contributed by atoms with Crippen LogP contribution in [0.5, 0.6) is 0 Å². The Morgan fingerprint density at radius 2 is 0.609 bits per heavy atom. The van der Waals surface area contributed by atoms with Crippen molar-refractivity contribution >= 4 is 11.4 Å². The summed E-state index contributed by atoms with van der Waals surface area (Å²) in [6, 6.07) is 10.2. The molecule has 0 amide bonds. The average molecular weight is 1290 g/mol. The van der Waals surface area contributed by atoms with Gasteiger partial charge in [-0.3, -0.25) is 0 Å². The summed E-state index contributed by atoms with van der Waals surface area (Å²) in [4.78, 5) is 0. The van der Waals surface area contributed by atoms with E-state index in [1.54, 1.807) is 38.1 Å². The van der Waals surface area contributed by atoms with Gasteiger partial charge in [0.15, 0.2) is 0 Å². The maximum atomic E-state index is 13.2. The molecule has 5 heteroatoms. The van der Waals surface area contributed by atoms with Gasteiger partial charge >= 0.3 is 66.6 Å². The van der Waals surface area contributed by atoms with Crippen LogP contribution in [0, 0.1) is 0 Å². The number of allylic oxidation sites excluding steroid dienone is 4. The van der Waals surface area contributed by atoms with Gasteiger partial charge < -0.3 is 5.53 Å². The fraction of sp³-hybridized carbons (Fsp3) is 0.780. The van der Waals surface area contributed by atoms with Gasteiger partial charge in [0.25, 0.3) is 0 Å². The van der Waals surface area contributed by atoms with Gasteiger partial charge in [-0.2, -0.15) is 0 Å². The Morgan fingerprint density at radius 3 is 0.920 bits per heavy atom. The molecule has 3 rings (SSSR count). The van der Waals surface area contributed by atoms with Crippen LogP contribution in [0.3, 0.4) is 0 Å². The van der Waals surface area contributed by atoms with Crippen LogP contribution in [0.4, 0.5) is 0 Å². The number of nitrogens with zero attached hydrogens (tertiary/aromatic N) is 4. The average Bonchev–Trinajstić information content (AvgIpc) is 1.69. The zero-order chi connectivity index (χ0) is 63.4. The minimum absolute atomic E-state index is 0.663. The first kappa shape index (κ1) is 80.9. The Balaban J connectivity index is 0.00000264. The molecule has 504 valence electrons. The SMILES string of the molecule is CCCCCCCCCCCCCCCCCCCCCCCCCCC=CC1=C(c2cc(CCCC)c(CCCCCC)c(CCCC)c2)[N+](=[N-])C(c2cc(CCCC)c(CCCCCC)c(CCCC)c2)=C1CCCC.CC[N](C)[Pd][N](C)CC. The second kappa shape index (κ2) is 55.5. The third-order valence-electron chi connectivity index (χ3n) is 18.8. The first-order valence-corrected chi connectivity index (χ1v) is 40.0. The van der Waals surface area contributed by atoms with Gasteiger partial charge in [0.2, 0.25) is 11.4 Å². The van der Waals surface area contributed by atoms with E-state index in [0.717, 1.165) is 75.9 Å². The quantitative estimate of drug-likeness (QED) is 0.0376. The molecule has 0 unspecified atom stereocenters. The summed E-state index contributed by atoms with van der Waals surface area (Å²) in [6.07, 6.45) is 70.5. The Hall–Kier alpha value is -2.16. The summed E-state index contributed by atoms with van der Waals surface area (Å²) >= 11 is 0.663. The molecule has 0 spiro atoms. The van der Waals surface area contributed by atoms with Crippen molar-refractivity contribution in [3.63, 3.8) is 0 Å². The van der Waals surface area contributed by atoms with E-state index in [1.807, 2.05) is 0 Å². The Labute approximate surface area is 553 Å². The molecule has 0 fully saturated rings. The topological polar surface area (TPSA) is 31.8 Å². The van der Waals surface area contributed by atoms with Crippen LogP contribution >= 0.6 is 0 Å². The number of aryl methyl sites for hydroxylation is 4. The second-order valence-electron chi connectivity index (χ2n) is 26.7. The predicted molar refractivity (Wildman–Crippen MR) is 387 cm³/mol. The summed E-state index contributed by atoms with van der Waals surface area (Å²) in [6.45, 7) is 25.4. The van der Waals surface area contributed by atoms with Gasteiger partial charge in [0, 0.05) is 16.7 Å². The molecule has 1 aliphatic rings. The summed E-state index contributed by atoms with van der Waals surface area (Å²) in [5.74, 6) is 0. The van der Waals surface area contributed by atoms with Crippen molar-refractivity contribution in [1.29, 1.82) is 0 Å². The number of unbranched alkanes of at least 4 members (excludes halogenated alkanes) is 35. The van der Waals surface area contributed by atoms with Crippen molar-refractivity contribution in [2.24, 2.45) is 0 Å². The van der Waals surface area contributed by atoms with E-state index in [9.17, 15) is 5.53 Å². The molecule has 1 heterocycles. The maximum absolute atomic E-state index is 13.2. The van der Waals surface area contributed by atoms with Crippen LogP contribution in [0.2, 0.25) is 0 Å². The molecule has 0 bridgehead atoms. The van der Waals surface area contributed by atoms with E-state index >= 15 is 0 Å². The molecule has 0 saturated heterocycles. The third kappa shape index (κ3) is 35.5. The molecular weight excluding hydrogens is 1150 g/mol. The van der Waals surface area contributed by atoms with Gasteiger partial charge in [0.1, 0.15) is 0 Å². The van der Waals surface area contributed by atoms with Crippen molar-refractivity contribution < 1.29 is 23.2 Å². The van der Waals surface area contributed by atoms with Crippen LogP contribution in [-0.4, -0.2) is 38.9 Å². The van der Waals surface area contributed by atoms with Crippen LogP contribution in [-0.2, 0) is 57.0 Å². The fourth-order valence-corrected chi connectivity index (χ4v) is 14.4. The molecule has 87 heavy (non-hydrogen) atoms. The van der Waals surface area contributed by atoms with E-state index in [2.05, 4.69) is 127 Å². The molecule has 1 aliphatic heterocycles. The first-order chi connectivity index (χ1) is 42.6. The van der Waals surface area contributed by atoms with Crippen LogP contribution in [0.1, 0.15) is 396 Å². The molecule has 2 aromatic rings. The number of rotatable bonds is 57. The van der Waals surface area contributed by atoms with Gasteiger partial charge in [-0.1, -0.05) is 286 Å². The van der Waals surface area contributed by atoms with E-state index < -0.39 is 0 Å². The second-order valence-corrected chi connectivity index (χ2v) is 29.4. The Morgan fingerprint density at radius 1 is 0.333 bits per heavy atom. The third-order valence-corrected chi connectivity index (χ3v) is 20.8. The van der Waals surface area contributed by atoms with E-state index in [-0.39, 0.29) is 0 Å². The normalized spacial score (nSPS) is 12.9. The first-order valence-electron chi connectivity index (χ1n) is 38.6. The summed E-state index contributed by atoms with van der Waals surface area (Å²) in [5, 5.41) is 0. The summed E-state index contributed by atoms with van der Waals surface area (Å²) in [5.41, 5.74) is 29.8. The number of hydrogen-bond acceptors (Lipinski definition) is 2. The van der Waals surface area contributed by atoms with Crippen LogP contribution < -0.4 is 0 Å². The molecule has 0 saturated carbocycles. The number of benzene rings is 2. The molecule has 0 N–H and O–H groups in total. The zero-order valence-corrected chi connectivity index (χ0v) is 61.9. The standard InChI is InChI=1S/C76H130N2.2C3H8N.Pd/c1-9-17-25-28-29-30-31-32-33-34-35-36-37-38-39-40-41-42-43-44-45-46-47-48-49-52-60-74-73(57-24-16-8)75(69-61-65(53-20-12-4)71(58-50-26-18-10-2)66(62-69)54-21-13-5)78(77)76(74)70-63-67(55-22-14-6)72(59-51-27-19-11-3)68(64-70)56-23-15-7;2*1-3-4-2;/h52,60-64H,9-51,53-59H2,1-8H3;2*3H2,1-2H3;/q;2*-1;+2. The molecule has 0 aromatic heterocycles. The van der Waals surface area contributed by atoms with Gasteiger partial charge in [0.05, 0.1) is 5.57 Å². The van der Waals surface area contributed by atoms with Crippen LogP contribution in [0.15, 0.2) is 47.6 Å². The van der Waals surface area contributed by atoms with Gasteiger partial charge in [-0.15, -0.1) is 0 Å². The van der Waals surface area contributed by atoms with Gasteiger partial charge in [-0.25, -0.2) is 4.70 Å². The zero-order valence-electron chi connectivity index (χ0n) is 60.3. The van der Waals surface area contributed by atoms with Crippen molar-refractivity contribution in [3.8, 4) is 0 Å². The minimum atomic E-state index is 0.663. The van der Waals surface area contributed by atoms with E-state index in [4.69, 9.17) is 0 Å². The van der Waals surface area contributed by atoms with Crippen molar-refractivity contribution in [2.75, 3.05) is 27.2 Å². The molecule has 2 aromatic carbocycles.